The maximum Gasteiger partial charge on any atom is 0.286 e. The van der Waals surface area contributed by atoms with Crippen molar-refractivity contribution < 1.29 is 14.0 Å². The summed E-state index contributed by atoms with van der Waals surface area (Å²) >= 11 is 0. The van der Waals surface area contributed by atoms with Crippen molar-refractivity contribution in [3.8, 4) is 0 Å². The van der Waals surface area contributed by atoms with Gasteiger partial charge in [-0.05, 0) is 19.1 Å². The molecular weight excluding hydrogens is 206 g/mol. The van der Waals surface area contributed by atoms with Gasteiger partial charge in [0.15, 0.2) is 11.5 Å². The van der Waals surface area contributed by atoms with Gasteiger partial charge in [0.2, 0.25) is 0 Å². The first kappa shape index (κ1) is 10.4. The molecule has 2 rings (SSSR count). The number of ketones is 1. The Labute approximate surface area is 92.2 Å². The fraction of sp³-hybridized carbons (Fsp3) is 0.167. The highest BCUT2D eigenvalue weighted by Crippen LogP contribution is 2.20. The number of carbonyl (C=O) groups excluding carboxylic acids is 2. The van der Waals surface area contributed by atoms with Crippen LogP contribution in [0.4, 0.5) is 0 Å². The largest absolute Gasteiger partial charge is 0.451 e. The van der Waals surface area contributed by atoms with Crippen molar-refractivity contribution in [2.75, 3.05) is 7.05 Å². The summed E-state index contributed by atoms with van der Waals surface area (Å²) in [5.74, 6) is -0.0569. The average Bonchev–Trinajstić information content (AvgIpc) is 2.70. The Bertz CT molecular complexity index is 569. The summed E-state index contributed by atoms with van der Waals surface area (Å²) in [6, 6.07) is 6.78. The molecule has 0 fully saturated rings. The molecule has 1 aromatic carbocycles. The minimum atomic E-state index is -0.277. The van der Waals surface area contributed by atoms with Crippen LogP contribution in [0, 0.1) is 0 Å². The van der Waals surface area contributed by atoms with Gasteiger partial charge < -0.3 is 9.73 Å². The molecule has 1 aromatic heterocycles. The Kier molecular flexibility index (Phi) is 2.48. The predicted octanol–water partition coefficient (Wildman–Crippen LogP) is 2.00. The highest BCUT2D eigenvalue weighted by molar-refractivity contribution is 6.00. The molecule has 4 heteroatoms. The van der Waals surface area contributed by atoms with E-state index in [1.807, 2.05) is 0 Å². The van der Waals surface area contributed by atoms with E-state index in [4.69, 9.17) is 4.42 Å². The Morgan fingerprint density at radius 1 is 1.25 bits per heavy atom. The van der Waals surface area contributed by atoms with Gasteiger partial charge in [0, 0.05) is 18.0 Å². The van der Waals surface area contributed by atoms with Crippen LogP contribution in [0.1, 0.15) is 27.8 Å². The molecule has 0 unspecified atom stereocenters. The molecule has 0 spiro atoms. The van der Waals surface area contributed by atoms with Crippen molar-refractivity contribution in [2.45, 2.75) is 6.92 Å². The molecule has 1 heterocycles. The SMILES string of the molecule is CNC(=O)c1cc2ccc(C(C)=O)cc2o1. The third-order valence-corrected chi connectivity index (χ3v) is 2.38. The quantitative estimate of drug-likeness (QED) is 0.782. The van der Waals surface area contributed by atoms with Crippen LogP contribution in [0.2, 0.25) is 0 Å². The molecule has 1 N–H and O–H groups in total. The second-order valence-electron chi connectivity index (χ2n) is 3.50. The van der Waals surface area contributed by atoms with Gasteiger partial charge in [0.25, 0.3) is 5.91 Å². The van der Waals surface area contributed by atoms with Crippen molar-refractivity contribution in [3.05, 3.63) is 35.6 Å². The van der Waals surface area contributed by atoms with Crippen LogP contribution in [0.15, 0.2) is 28.7 Å². The number of benzene rings is 1. The van der Waals surface area contributed by atoms with Gasteiger partial charge >= 0.3 is 0 Å². The number of hydrogen-bond donors (Lipinski definition) is 1. The summed E-state index contributed by atoms with van der Waals surface area (Å²) < 4.78 is 5.35. The lowest BCUT2D eigenvalue weighted by atomic mass is 10.1. The second-order valence-corrected chi connectivity index (χ2v) is 3.50. The van der Waals surface area contributed by atoms with E-state index in [1.54, 1.807) is 24.3 Å². The van der Waals surface area contributed by atoms with Crippen LogP contribution in [-0.2, 0) is 0 Å². The molecule has 16 heavy (non-hydrogen) atoms. The Balaban J connectivity index is 2.54. The lowest BCUT2D eigenvalue weighted by Gasteiger charge is -1.94. The molecule has 0 radical (unpaired) electrons. The van der Waals surface area contributed by atoms with E-state index in [0.717, 1.165) is 5.39 Å². The van der Waals surface area contributed by atoms with Gasteiger partial charge in [-0.1, -0.05) is 12.1 Å². The van der Waals surface area contributed by atoms with E-state index in [9.17, 15) is 9.59 Å². The monoisotopic (exact) mass is 217 g/mol. The lowest BCUT2D eigenvalue weighted by molar-refractivity contribution is 0.0937. The highest BCUT2D eigenvalue weighted by atomic mass is 16.3. The number of carbonyl (C=O) groups is 2. The van der Waals surface area contributed by atoms with E-state index >= 15 is 0 Å². The molecule has 0 aliphatic rings. The van der Waals surface area contributed by atoms with Crippen molar-refractivity contribution in [2.24, 2.45) is 0 Å². The molecule has 82 valence electrons. The number of nitrogens with one attached hydrogen (secondary N) is 1. The van der Waals surface area contributed by atoms with Gasteiger partial charge in [-0.2, -0.15) is 0 Å². The third-order valence-electron chi connectivity index (χ3n) is 2.38. The molecule has 4 nitrogen and oxygen atoms in total. The minimum absolute atomic E-state index is 0.0280. The summed E-state index contributed by atoms with van der Waals surface area (Å²) in [6.45, 7) is 1.49. The average molecular weight is 217 g/mol. The molecule has 0 atom stereocenters. The molecule has 0 aliphatic carbocycles. The standard InChI is InChI=1S/C12H11NO3/c1-7(14)8-3-4-9-6-11(12(15)13-2)16-10(9)5-8/h3-6H,1-2H3,(H,13,15). The molecule has 2 aromatic rings. The zero-order chi connectivity index (χ0) is 11.7. The molecule has 0 saturated carbocycles. The maximum atomic E-state index is 11.3. The van der Waals surface area contributed by atoms with Crippen LogP contribution >= 0.6 is 0 Å². The van der Waals surface area contributed by atoms with Gasteiger partial charge in [-0.25, -0.2) is 0 Å². The van der Waals surface area contributed by atoms with Crippen molar-refractivity contribution in [1.82, 2.24) is 5.32 Å². The maximum absolute atomic E-state index is 11.3. The van der Waals surface area contributed by atoms with Gasteiger partial charge in [-0.15, -0.1) is 0 Å². The minimum Gasteiger partial charge on any atom is -0.451 e. The smallest absolute Gasteiger partial charge is 0.286 e. The summed E-state index contributed by atoms with van der Waals surface area (Å²) in [4.78, 5) is 22.5. The Hall–Kier alpha value is -2.10. The van der Waals surface area contributed by atoms with Crippen molar-refractivity contribution >= 4 is 22.7 Å². The normalized spacial score (nSPS) is 10.4. The first-order chi connectivity index (χ1) is 7.61. The van der Waals surface area contributed by atoms with Gasteiger partial charge in [0.1, 0.15) is 5.58 Å². The van der Waals surface area contributed by atoms with E-state index < -0.39 is 0 Å². The number of amides is 1. The lowest BCUT2D eigenvalue weighted by Crippen LogP contribution is -2.16. The number of hydrogen-bond acceptors (Lipinski definition) is 3. The van der Waals surface area contributed by atoms with Gasteiger partial charge in [0.05, 0.1) is 0 Å². The first-order valence-electron chi connectivity index (χ1n) is 4.88. The zero-order valence-corrected chi connectivity index (χ0v) is 9.03. The molecular formula is C12H11NO3. The molecule has 0 saturated heterocycles. The van der Waals surface area contributed by atoms with Crippen LogP contribution in [-0.4, -0.2) is 18.7 Å². The number of rotatable bonds is 2. The molecule has 0 aliphatic heterocycles. The number of Topliss-reactive ketones (excluding diaryl/α,β-unsaturated/α-hetero) is 1. The van der Waals surface area contributed by atoms with E-state index in [0.29, 0.717) is 11.1 Å². The Morgan fingerprint density at radius 3 is 2.62 bits per heavy atom. The van der Waals surface area contributed by atoms with Crippen LogP contribution in [0.25, 0.3) is 11.0 Å². The topological polar surface area (TPSA) is 59.3 Å². The van der Waals surface area contributed by atoms with Gasteiger partial charge in [-0.3, -0.25) is 9.59 Å². The summed E-state index contributed by atoms with van der Waals surface area (Å²) in [5, 5.41) is 3.29. The van der Waals surface area contributed by atoms with Crippen LogP contribution in [0.5, 0.6) is 0 Å². The fourth-order valence-electron chi connectivity index (χ4n) is 1.49. The van der Waals surface area contributed by atoms with Crippen LogP contribution in [0.3, 0.4) is 0 Å². The second kappa shape index (κ2) is 3.81. The zero-order valence-electron chi connectivity index (χ0n) is 9.03. The first-order valence-corrected chi connectivity index (χ1v) is 4.88. The van der Waals surface area contributed by atoms with Crippen molar-refractivity contribution in [1.29, 1.82) is 0 Å². The predicted molar refractivity (Wildman–Crippen MR) is 59.6 cm³/mol. The summed E-state index contributed by atoms with van der Waals surface area (Å²) in [7, 11) is 1.54. The Morgan fingerprint density at radius 2 is 2.00 bits per heavy atom. The van der Waals surface area contributed by atoms with Crippen molar-refractivity contribution in [3.63, 3.8) is 0 Å². The van der Waals surface area contributed by atoms with E-state index in [2.05, 4.69) is 5.32 Å². The number of fused-ring (bicyclic) bond motifs is 1. The molecule has 1 amide bonds. The molecule has 0 bridgehead atoms. The van der Waals surface area contributed by atoms with E-state index in [1.165, 1.54) is 14.0 Å². The highest BCUT2D eigenvalue weighted by Gasteiger charge is 2.11. The number of furan rings is 1. The summed E-state index contributed by atoms with van der Waals surface area (Å²) in [6.07, 6.45) is 0. The van der Waals surface area contributed by atoms with Crippen LogP contribution < -0.4 is 5.32 Å². The fourth-order valence-corrected chi connectivity index (χ4v) is 1.49. The third kappa shape index (κ3) is 1.69. The van der Waals surface area contributed by atoms with E-state index in [-0.39, 0.29) is 17.5 Å². The summed E-state index contributed by atoms with van der Waals surface area (Å²) in [5.41, 5.74) is 1.12.